The smallest absolute Gasteiger partial charge is 0.224 e. The van der Waals surface area contributed by atoms with Crippen molar-refractivity contribution in [3.63, 3.8) is 0 Å². The molecule has 2 aromatic heterocycles. The second-order valence-electron chi connectivity index (χ2n) is 6.80. The number of rotatable bonds is 5. The highest BCUT2D eigenvalue weighted by Crippen LogP contribution is 2.37. The number of hydrogen-bond donors (Lipinski definition) is 3. The van der Waals surface area contributed by atoms with Gasteiger partial charge in [0.2, 0.25) is 5.95 Å². The van der Waals surface area contributed by atoms with Gasteiger partial charge in [-0.25, -0.2) is 4.98 Å². The number of nitrogens with one attached hydrogen (secondary N) is 3. The van der Waals surface area contributed by atoms with Crippen molar-refractivity contribution < 1.29 is 0 Å². The van der Waals surface area contributed by atoms with Crippen LogP contribution in [0.3, 0.4) is 0 Å². The largest absolute Gasteiger partial charge is 0.361 e. The van der Waals surface area contributed by atoms with Gasteiger partial charge in [-0.2, -0.15) is 4.98 Å². The van der Waals surface area contributed by atoms with Gasteiger partial charge in [0.05, 0.1) is 6.54 Å². The first kappa shape index (κ1) is 15.1. The second kappa shape index (κ2) is 6.29. The maximum atomic E-state index is 4.55. The van der Waals surface area contributed by atoms with Crippen molar-refractivity contribution in [3.8, 4) is 0 Å². The van der Waals surface area contributed by atoms with E-state index in [1.165, 1.54) is 29.4 Å². The fourth-order valence-corrected chi connectivity index (χ4v) is 3.34. The third kappa shape index (κ3) is 3.06. The predicted octanol–water partition coefficient (Wildman–Crippen LogP) is 3.73. The van der Waals surface area contributed by atoms with E-state index in [4.69, 9.17) is 0 Å². The standard InChI is InChI=1S/C20H20N6/c1-2-14(16-6-8-21-17(16)3-1)11-24-20-22-9-7-18(26-20)25-19-10-15(12-23-19)13-4-5-13/h1-3,6-10,13,21H,4-5,11-12H2,(H2,22,23,24,25,26). The molecule has 26 heavy (non-hydrogen) atoms. The van der Waals surface area contributed by atoms with Gasteiger partial charge in [-0.3, -0.25) is 4.99 Å². The summed E-state index contributed by atoms with van der Waals surface area (Å²) >= 11 is 0. The lowest BCUT2D eigenvalue weighted by Crippen LogP contribution is -2.10. The van der Waals surface area contributed by atoms with Crippen LogP contribution in [0.4, 0.5) is 11.8 Å². The molecule has 3 N–H and O–H groups in total. The molecule has 3 heterocycles. The van der Waals surface area contributed by atoms with Crippen LogP contribution in [0.5, 0.6) is 0 Å². The van der Waals surface area contributed by atoms with Crippen LogP contribution in [0.1, 0.15) is 18.4 Å². The molecule has 6 heteroatoms. The highest BCUT2D eigenvalue weighted by molar-refractivity contribution is 6.05. The lowest BCUT2D eigenvalue weighted by atomic mass is 10.1. The number of aromatic amines is 1. The molecule has 2 aliphatic rings. The molecular formula is C20H20N6. The van der Waals surface area contributed by atoms with Crippen molar-refractivity contribution in [2.75, 3.05) is 17.2 Å². The van der Waals surface area contributed by atoms with E-state index in [1.807, 2.05) is 12.3 Å². The molecule has 1 saturated carbocycles. The molecule has 3 aromatic rings. The zero-order valence-corrected chi connectivity index (χ0v) is 14.4. The number of amidine groups is 1. The van der Waals surface area contributed by atoms with Gasteiger partial charge in [-0.15, -0.1) is 0 Å². The van der Waals surface area contributed by atoms with Crippen LogP contribution in [-0.4, -0.2) is 27.3 Å². The van der Waals surface area contributed by atoms with Crippen molar-refractivity contribution in [1.82, 2.24) is 15.0 Å². The average molecular weight is 344 g/mol. The Morgan fingerprint density at radius 1 is 1.15 bits per heavy atom. The second-order valence-corrected chi connectivity index (χ2v) is 6.80. The summed E-state index contributed by atoms with van der Waals surface area (Å²) in [5.41, 5.74) is 3.79. The molecule has 0 unspecified atom stereocenters. The molecule has 0 spiro atoms. The van der Waals surface area contributed by atoms with E-state index in [1.54, 1.807) is 6.20 Å². The molecule has 6 nitrogen and oxygen atoms in total. The molecule has 0 bridgehead atoms. The molecule has 0 atom stereocenters. The topological polar surface area (TPSA) is 78.0 Å². The van der Waals surface area contributed by atoms with E-state index in [2.05, 4.69) is 60.9 Å². The van der Waals surface area contributed by atoms with Crippen LogP contribution in [0.25, 0.3) is 10.9 Å². The van der Waals surface area contributed by atoms with Gasteiger partial charge in [0.1, 0.15) is 11.7 Å². The Morgan fingerprint density at radius 2 is 2.12 bits per heavy atom. The van der Waals surface area contributed by atoms with Gasteiger partial charge in [-0.05, 0) is 54.2 Å². The maximum Gasteiger partial charge on any atom is 0.224 e. The van der Waals surface area contributed by atoms with Crippen molar-refractivity contribution in [3.05, 3.63) is 59.9 Å². The fraction of sp³-hybridized carbons (Fsp3) is 0.250. The number of hydrogen-bond acceptors (Lipinski definition) is 5. The first-order chi connectivity index (χ1) is 12.8. The minimum absolute atomic E-state index is 0.604. The van der Waals surface area contributed by atoms with E-state index in [9.17, 15) is 0 Å². The molecule has 1 fully saturated rings. The summed E-state index contributed by atoms with van der Waals surface area (Å²) in [6, 6.07) is 10.2. The van der Waals surface area contributed by atoms with Gasteiger partial charge in [0.25, 0.3) is 0 Å². The molecule has 0 amide bonds. The molecule has 1 aliphatic heterocycles. The number of aromatic nitrogens is 3. The molecule has 5 rings (SSSR count). The van der Waals surface area contributed by atoms with Crippen LogP contribution >= 0.6 is 0 Å². The molecule has 130 valence electrons. The van der Waals surface area contributed by atoms with E-state index in [0.717, 1.165) is 29.6 Å². The number of aliphatic imine (C=N–C) groups is 1. The summed E-state index contributed by atoms with van der Waals surface area (Å²) in [6.45, 7) is 1.50. The number of anilines is 2. The minimum atomic E-state index is 0.604. The van der Waals surface area contributed by atoms with Crippen LogP contribution < -0.4 is 10.6 Å². The first-order valence-corrected chi connectivity index (χ1v) is 8.99. The average Bonchev–Trinajstić information content (AvgIpc) is 3.21. The van der Waals surface area contributed by atoms with E-state index >= 15 is 0 Å². The van der Waals surface area contributed by atoms with Gasteiger partial charge in [0.15, 0.2) is 0 Å². The van der Waals surface area contributed by atoms with Gasteiger partial charge in [-0.1, -0.05) is 12.1 Å². The molecule has 1 aromatic carbocycles. The van der Waals surface area contributed by atoms with Gasteiger partial charge >= 0.3 is 0 Å². The fourth-order valence-electron chi connectivity index (χ4n) is 3.34. The Labute approximate surface area is 151 Å². The van der Waals surface area contributed by atoms with Gasteiger partial charge in [0, 0.05) is 29.8 Å². The zero-order chi connectivity index (χ0) is 17.3. The Kier molecular flexibility index (Phi) is 3.66. The maximum absolute atomic E-state index is 4.55. The van der Waals surface area contributed by atoms with Crippen LogP contribution in [0.15, 0.2) is 59.4 Å². The summed E-state index contributed by atoms with van der Waals surface area (Å²) in [5.74, 6) is 3.02. The van der Waals surface area contributed by atoms with Crippen molar-refractivity contribution in [1.29, 1.82) is 0 Å². The lowest BCUT2D eigenvalue weighted by Gasteiger charge is -2.08. The Hall–Kier alpha value is -3.15. The SMILES string of the molecule is C1=C(C2CC2)CN=C1Nc1ccnc(NCc2cccc3[nH]ccc23)n1. The van der Waals surface area contributed by atoms with Crippen LogP contribution in [-0.2, 0) is 6.54 Å². The van der Waals surface area contributed by atoms with Crippen LogP contribution in [0.2, 0.25) is 0 Å². The highest BCUT2D eigenvalue weighted by Gasteiger charge is 2.27. The third-order valence-electron chi connectivity index (χ3n) is 4.89. The Bertz CT molecular complexity index is 1010. The quantitative estimate of drug-likeness (QED) is 0.659. The van der Waals surface area contributed by atoms with Gasteiger partial charge < -0.3 is 15.6 Å². The highest BCUT2D eigenvalue weighted by atomic mass is 15.2. The number of fused-ring (bicyclic) bond motifs is 1. The molecular weight excluding hydrogens is 324 g/mol. The van der Waals surface area contributed by atoms with E-state index < -0.39 is 0 Å². The summed E-state index contributed by atoms with van der Waals surface area (Å²) in [7, 11) is 0. The Morgan fingerprint density at radius 3 is 3.04 bits per heavy atom. The van der Waals surface area contributed by atoms with Crippen LogP contribution in [0, 0.1) is 5.92 Å². The summed E-state index contributed by atoms with van der Waals surface area (Å²) in [6.07, 6.45) is 8.50. The summed E-state index contributed by atoms with van der Waals surface area (Å²) < 4.78 is 0. The third-order valence-corrected chi connectivity index (χ3v) is 4.89. The first-order valence-electron chi connectivity index (χ1n) is 8.99. The Balaban J connectivity index is 1.27. The zero-order valence-electron chi connectivity index (χ0n) is 14.4. The molecule has 0 radical (unpaired) electrons. The molecule has 0 saturated heterocycles. The normalized spacial score (nSPS) is 16.5. The van der Waals surface area contributed by atoms with Crippen molar-refractivity contribution in [2.24, 2.45) is 10.9 Å². The molecule has 1 aliphatic carbocycles. The monoisotopic (exact) mass is 344 g/mol. The van der Waals surface area contributed by atoms with Crippen molar-refractivity contribution >= 4 is 28.5 Å². The summed E-state index contributed by atoms with van der Waals surface area (Å²) in [4.78, 5) is 16.7. The number of benzene rings is 1. The number of H-pyrrole nitrogens is 1. The lowest BCUT2D eigenvalue weighted by molar-refractivity contribution is 0.959. The van der Waals surface area contributed by atoms with Crippen molar-refractivity contribution in [2.45, 2.75) is 19.4 Å². The predicted molar refractivity (Wildman–Crippen MR) is 104 cm³/mol. The minimum Gasteiger partial charge on any atom is -0.361 e. The summed E-state index contributed by atoms with van der Waals surface area (Å²) in [5, 5.41) is 7.82. The van der Waals surface area contributed by atoms with E-state index in [0.29, 0.717) is 12.5 Å². The van der Waals surface area contributed by atoms with E-state index in [-0.39, 0.29) is 0 Å². The number of nitrogens with zero attached hydrogens (tertiary/aromatic N) is 3.